The fraction of sp³-hybridized carbons (Fsp3) is 0.273. The lowest BCUT2D eigenvalue weighted by Gasteiger charge is -2.13. The molecule has 0 heterocycles. The third-order valence-corrected chi connectivity index (χ3v) is 4.00. The molecule has 2 aromatic carbocycles. The van der Waals surface area contributed by atoms with Gasteiger partial charge in [0, 0.05) is 11.8 Å². The molecule has 1 atom stereocenters. The SMILES string of the molecule is CCOc1ccc(/C=C/C(=O)OC(C)C(=O)Nc2ccc(C)c(F)c2)cc1OC. The van der Waals surface area contributed by atoms with E-state index in [1.165, 1.54) is 26.2 Å². The normalized spacial score (nSPS) is 11.8. The molecule has 0 saturated heterocycles. The van der Waals surface area contributed by atoms with Crippen molar-refractivity contribution in [2.75, 3.05) is 19.0 Å². The van der Waals surface area contributed by atoms with E-state index in [2.05, 4.69) is 5.32 Å². The molecule has 0 radical (unpaired) electrons. The molecule has 0 spiro atoms. The predicted octanol–water partition coefficient (Wildman–Crippen LogP) is 4.13. The van der Waals surface area contributed by atoms with Crippen LogP contribution < -0.4 is 14.8 Å². The Kier molecular flexibility index (Phi) is 7.77. The maximum atomic E-state index is 13.6. The molecule has 7 heteroatoms. The van der Waals surface area contributed by atoms with Crippen LogP contribution in [0.15, 0.2) is 42.5 Å². The molecule has 0 aromatic heterocycles. The zero-order valence-electron chi connectivity index (χ0n) is 16.8. The van der Waals surface area contributed by atoms with Crippen LogP contribution in [-0.4, -0.2) is 31.7 Å². The molecule has 1 unspecified atom stereocenters. The van der Waals surface area contributed by atoms with Crippen LogP contribution in [0.25, 0.3) is 6.08 Å². The minimum Gasteiger partial charge on any atom is -0.493 e. The van der Waals surface area contributed by atoms with Gasteiger partial charge in [-0.15, -0.1) is 0 Å². The van der Waals surface area contributed by atoms with Crippen LogP contribution in [0.2, 0.25) is 0 Å². The van der Waals surface area contributed by atoms with E-state index in [0.717, 1.165) is 0 Å². The molecule has 0 saturated carbocycles. The summed E-state index contributed by atoms with van der Waals surface area (Å²) in [6.07, 6.45) is 1.71. The van der Waals surface area contributed by atoms with Gasteiger partial charge in [0.25, 0.3) is 5.91 Å². The van der Waals surface area contributed by atoms with Gasteiger partial charge in [-0.25, -0.2) is 9.18 Å². The summed E-state index contributed by atoms with van der Waals surface area (Å²) in [5, 5.41) is 2.51. The second kappa shape index (κ2) is 10.3. The Bertz CT molecular complexity index is 910. The van der Waals surface area contributed by atoms with Crippen LogP contribution in [0, 0.1) is 12.7 Å². The molecule has 6 nitrogen and oxygen atoms in total. The molecule has 1 amide bonds. The highest BCUT2D eigenvalue weighted by Crippen LogP contribution is 2.28. The van der Waals surface area contributed by atoms with Crippen molar-refractivity contribution in [1.82, 2.24) is 0 Å². The van der Waals surface area contributed by atoms with Crippen molar-refractivity contribution in [2.45, 2.75) is 26.9 Å². The average Bonchev–Trinajstić information content (AvgIpc) is 2.70. The quantitative estimate of drug-likeness (QED) is 0.532. The molecule has 0 bridgehead atoms. The molecular formula is C22H24FNO5. The lowest BCUT2D eigenvalue weighted by Crippen LogP contribution is -2.29. The highest BCUT2D eigenvalue weighted by Gasteiger charge is 2.17. The number of benzene rings is 2. The van der Waals surface area contributed by atoms with Crippen LogP contribution in [0.5, 0.6) is 11.5 Å². The van der Waals surface area contributed by atoms with Crippen molar-refractivity contribution in [3.8, 4) is 11.5 Å². The molecule has 2 aromatic rings. The number of methoxy groups -OCH3 is 1. The summed E-state index contributed by atoms with van der Waals surface area (Å²) >= 11 is 0. The van der Waals surface area contributed by atoms with Gasteiger partial charge < -0.3 is 19.5 Å². The fourth-order valence-electron chi connectivity index (χ4n) is 2.41. The largest absolute Gasteiger partial charge is 0.493 e. The van der Waals surface area contributed by atoms with Gasteiger partial charge in [-0.05, 0) is 62.2 Å². The number of rotatable bonds is 8. The van der Waals surface area contributed by atoms with Gasteiger partial charge in [-0.3, -0.25) is 4.79 Å². The highest BCUT2D eigenvalue weighted by atomic mass is 19.1. The zero-order valence-corrected chi connectivity index (χ0v) is 16.8. The summed E-state index contributed by atoms with van der Waals surface area (Å²) in [7, 11) is 1.53. The van der Waals surface area contributed by atoms with Crippen molar-refractivity contribution >= 4 is 23.6 Å². The topological polar surface area (TPSA) is 73.9 Å². The number of esters is 1. The summed E-state index contributed by atoms with van der Waals surface area (Å²) < 4.78 is 29.4. The summed E-state index contributed by atoms with van der Waals surface area (Å²) in [6, 6.07) is 9.56. The zero-order chi connectivity index (χ0) is 21.4. The third-order valence-electron chi connectivity index (χ3n) is 4.00. The number of nitrogens with one attached hydrogen (secondary N) is 1. The Hall–Kier alpha value is -3.35. The maximum Gasteiger partial charge on any atom is 0.331 e. The van der Waals surface area contributed by atoms with E-state index in [1.807, 2.05) is 6.92 Å². The van der Waals surface area contributed by atoms with Crippen molar-refractivity contribution in [1.29, 1.82) is 0 Å². The van der Waals surface area contributed by atoms with Gasteiger partial charge >= 0.3 is 5.97 Å². The molecule has 154 valence electrons. The first-order chi connectivity index (χ1) is 13.8. The highest BCUT2D eigenvalue weighted by molar-refractivity contribution is 5.96. The fourth-order valence-corrected chi connectivity index (χ4v) is 2.41. The number of carbonyl (C=O) groups is 2. The number of amides is 1. The van der Waals surface area contributed by atoms with Crippen molar-refractivity contribution in [3.63, 3.8) is 0 Å². The number of carbonyl (C=O) groups excluding carboxylic acids is 2. The van der Waals surface area contributed by atoms with Crippen LogP contribution in [0.3, 0.4) is 0 Å². The number of hydrogen-bond acceptors (Lipinski definition) is 5. The minimum absolute atomic E-state index is 0.290. The molecule has 1 N–H and O–H groups in total. The summed E-state index contributed by atoms with van der Waals surface area (Å²) in [4.78, 5) is 24.1. The molecule has 2 rings (SSSR count). The second-order valence-electron chi connectivity index (χ2n) is 6.21. The lowest BCUT2D eigenvalue weighted by molar-refractivity contribution is -0.148. The standard InChI is InChI=1S/C22H24FNO5/c1-5-28-19-10-7-16(12-20(19)27-4)8-11-21(25)29-15(3)22(26)24-17-9-6-14(2)18(23)13-17/h6-13,15H,5H2,1-4H3,(H,24,26)/b11-8+. The first-order valence-corrected chi connectivity index (χ1v) is 9.10. The molecular weight excluding hydrogens is 377 g/mol. The number of aryl methyl sites for hydroxylation is 1. The Morgan fingerprint density at radius 2 is 1.93 bits per heavy atom. The van der Waals surface area contributed by atoms with Crippen LogP contribution in [-0.2, 0) is 14.3 Å². The minimum atomic E-state index is -1.05. The van der Waals surface area contributed by atoms with Gasteiger partial charge in [0.1, 0.15) is 5.82 Å². The van der Waals surface area contributed by atoms with Crippen molar-refractivity contribution in [3.05, 3.63) is 59.4 Å². The van der Waals surface area contributed by atoms with E-state index in [9.17, 15) is 14.0 Å². The second-order valence-corrected chi connectivity index (χ2v) is 6.21. The maximum absolute atomic E-state index is 13.6. The molecule has 0 aliphatic rings. The average molecular weight is 401 g/mol. The van der Waals surface area contributed by atoms with E-state index in [-0.39, 0.29) is 5.69 Å². The molecule has 29 heavy (non-hydrogen) atoms. The Morgan fingerprint density at radius 3 is 2.59 bits per heavy atom. The monoisotopic (exact) mass is 401 g/mol. The number of hydrogen-bond donors (Lipinski definition) is 1. The first-order valence-electron chi connectivity index (χ1n) is 9.10. The van der Waals surface area contributed by atoms with Crippen LogP contribution >= 0.6 is 0 Å². The van der Waals surface area contributed by atoms with E-state index in [4.69, 9.17) is 14.2 Å². The van der Waals surface area contributed by atoms with Crippen molar-refractivity contribution < 1.29 is 28.2 Å². The number of ether oxygens (including phenoxy) is 3. The predicted molar refractivity (Wildman–Crippen MR) is 109 cm³/mol. The van der Waals surface area contributed by atoms with Gasteiger partial charge in [-0.1, -0.05) is 12.1 Å². The third kappa shape index (κ3) is 6.34. The van der Waals surface area contributed by atoms with Gasteiger partial charge in [0.05, 0.1) is 13.7 Å². The Morgan fingerprint density at radius 1 is 1.17 bits per heavy atom. The first kappa shape index (κ1) is 21.9. The summed E-state index contributed by atoms with van der Waals surface area (Å²) in [5.41, 5.74) is 1.46. The Balaban J connectivity index is 1.95. The van der Waals surface area contributed by atoms with E-state index >= 15 is 0 Å². The lowest BCUT2D eigenvalue weighted by atomic mass is 10.2. The number of halogens is 1. The molecule has 0 aliphatic carbocycles. The van der Waals surface area contributed by atoms with E-state index in [0.29, 0.717) is 29.2 Å². The van der Waals surface area contributed by atoms with E-state index < -0.39 is 23.8 Å². The van der Waals surface area contributed by atoms with Gasteiger partial charge in [-0.2, -0.15) is 0 Å². The number of anilines is 1. The van der Waals surface area contributed by atoms with Gasteiger partial charge in [0.2, 0.25) is 0 Å². The molecule has 0 fully saturated rings. The summed E-state index contributed by atoms with van der Waals surface area (Å²) in [6.45, 7) is 5.44. The van der Waals surface area contributed by atoms with Gasteiger partial charge in [0.15, 0.2) is 17.6 Å². The van der Waals surface area contributed by atoms with E-state index in [1.54, 1.807) is 43.3 Å². The summed E-state index contributed by atoms with van der Waals surface area (Å²) in [5.74, 6) is -0.525. The smallest absolute Gasteiger partial charge is 0.331 e. The van der Waals surface area contributed by atoms with Crippen molar-refractivity contribution in [2.24, 2.45) is 0 Å². The van der Waals surface area contributed by atoms with Crippen LogP contribution in [0.1, 0.15) is 25.0 Å². The Labute approximate surface area is 169 Å². The van der Waals surface area contributed by atoms with Crippen LogP contribution in [0.4, 0.5) is 10.1 Å². The molecule has 0 aliphatic heterocycles.